The molecule has 4 atom stereocenters. The number of carbonyl (C=O) groups excluding carboxylic acids is 1. The molecule has 1 aliphatic rings. The van der Waals surface area contributed by atoms with Crippen LogP contribution in [0.25, 0.3) is 0 Å². The van der Waals surface area contributed by atoms with Crippen molar-refractivity contribution in [3.05, 3.63) is 69.7 Å². The molecule has 0 bridgehead atoms. The number of rotatable bonds is 2. The van der Waals surface area contributed by atoms with E-state index >= 15 is 0 Å². The van der Waals surface area contributed by atoms with Crippen molar-refractivity contribution in [1.29, 1.82) is 0 Å². The molecule has 0 amide bonds. The smallest absolute Gasteiger partial charge is 0.142 e. The lowest BCUT2D eigenvalue weighted by Crippen LogP contribution is -2.46. The summed E-state index contributed by atoms with van der Waals surface area (Å²) in [5.41, 5.74) is 2.17. The molecule has 0 saturated carbocycles. The molecule has 2 aromatic rings. The number of benzene rings is 2. The van der Waals surface area contributed by atoms with Crippen molar-refractivity contribution in [3.8, 4) is 0 Å². The Bertz CT molecular complexity index is 637. The Labute approximate surface area is 146 Å². The summed E-state index contributed by atoms with van der Waals surface area (Å²) >= 11 is 12.0. The molecule has 120 valence electrons. The van der Waals surface area contributed by atoms with Crippen LogP contribution in [0.3, 0.4) is 0 Å². The highest BCUT2D eigenvalue weighted by molar-refractivity contribution is 6.30. The van der Waals surface area contributed by atoms with Gasteiger partial charge in [0.15, 0.2) is 0 Å². The molecular formula is C19H19Cl2NO. The van der Waals surface area contributed by atoms with Gasteiger partial charge in [-0.25, -0.2) is 0 Å². The second-order valence-electron chi connectivity index (χ2n) is 6.20. The molecule has 1 aliphatic heterocycles. The van der Waals surface area contributed by atoms with E-state index in [9.17, 15) is 4.79 Å². The first kappa shape index (κ1) is 16.5. The molecule has 3 rings (SSSR count). The lowest BCUT2D eigenvalue weighted by molar-refractivity contribution is -0.130. The second-order valence-corrected chi connectivity index (χ2v) is 7.08. The van der Waals surface area contributed by atoms with Gasteiger partial charge in [-0.1, -0.05) is 61.3 Å². The van der Waals surface area contributed by atoms with Gasteiger partial charge in [-0.3, -0.25) is 4.79 Å². The van der Waals surface area contributed by atoms with Crippen molar-refractivity contribution >= 4 is 29.0 Å². The zero-order chi connectivity index (χ0) is 16.6. The summed E-state index contributed by atoms with van der Waals surface area (Å²) in [5.74, 6) is 0.133. The first-order valence-corrected chi connectivity index (χ1v) is 8.53. The fraction of sp³-hybridized carbons (Fsp3) is 0.316. The van der Waals surface area contributed by atoms with Crippen LogP contribution in [0.2, 0.25) is 10.0 Å². The number of hydrogen-bond donors (Lipinski definition) is 1. The Kier molecular flexibility index (Phi) is 4.77. The zero-order valence-electron chi connectivity index (χ0n) is 13.1. The molecule has 1 N–H and O–H groups in total. The molecule has 23 heavy (non-hydrogen) atoms. The molecule has 4 heteroatoms. The van der Waals surface area contributed by atoms with Gasteiger partial charge < -0.3 is 5.32 Å². The summed E-state index contributed by atoms with van der Waals surface area (Å²) in [6.07, 6.45) is 0. The van der Waals surface area contributed by atoms with Crippen LogP contribution < -0.4 is 5.32 Å². The summed E-state index contributed by atoms with van der Waals surface area (Å²) in [5, 5.41) is 5.05. The van der Waals surface area contributed by atoms with Crippen LogP contribution in [-0.2, 0) is 4.79 Å². The number of nitrogens with one attached hydrogen (secondary N) is 1. The maximum atomic E-state index is 12.7. The van der Waals surface area contributed by atoms with Gasteiger partial charge in [0, 0.05) is 34.0 Å². The number of ketones is 1. The largest absolute Gasteiger partial charge is 0.302 e. The zero-order valence-corrected chi connectivity index (χ0v) is 14.6. The number of halogens is 2. The lowest BCUT2D eigenvalue weighted by atomic mass is 9.76. The van der Waals surface area contributed by atoms with Crippen molar-refractivity contribution in [1.82, 2.24) is 5.32 Å². The van der Waals surface area contributed by atoms with Crippen molar-refractivity contribution in [3.63, 3.8) is 0 Å². The summed E-state index contributed by atoms with van der Waals surface area (Å²) in [4.78, 5) is 12.7. The first-order valence-electron chi connectivity index (χ1n) is 7.78. The number of piperidine rings is 1. The lowest BCUT2D eigenvalue weighted by Gasteiger charge is -2.39. The second kappa shape index (κ2) is 6.64. The van der Waals surface area contributed by atoms with Crippen LogP contribution in [0.15, 0.2) is 48.5 Å². The Hall–Kier alpha value is -1.35. The van der Waals surface area contributed by atoms with E-state index in [2.05, 4.69) is 5.32 Å². The summed E-state index contributed by atoms with van der Waals surface area (Å²) in [6.45, 7) is 3.98. The molecule has 2 aromatic carbocycles. The Balaban J connectivity index is 1.94. The molecule has 0 radical (unpaired) electrons. The molecule has 1 saturated heterocycles. The predicted molar refractivity (Wildman–Crippen MR) is 94.9 cm³/mol. The molecule has 0 aliphatic carbocycles. The maximum absolute atomic E-state index is 12.7. The van der Waals surface area contributed by atoms with Crippen molar-refractivity contribution in [2.24, 2.45) is 11.8 Å². The number of hydrogen-bond acceptors (Lipinski definition) is 2. The quantitative estimate of drug-likeness (QED) is 0.806. The van der Waals surface area contributed by atoms with Crippen LogP contribution in [0.4, 0.5) is 0 Å². The van der Waals surface area contributed by atoms with Gasteiger partial charge in [-0.05, 0) is 35.4 Å². The molecule has 0 unspecified atom stereocenters. The van der Waals surface area contributed by atoms with Crippen molar-refractivity contribution in [2.45, 2.75) is 25.9 Å². The molecule has 0 spiro atoms. The van der Waals surface area contributed by atoms with Crippen LogP contribution >= 0.6 is 23.2 Å². The molecule has 1 heterocycles. The predicted octanol–water partition coefficient (Wildman–Crippen LogP) is 5.22. The van der Waals surface area contributed by atoms with Crippen LogP contribution in [0.5, 0.6) is 0 Å². The molecule has 0 aromatic heterocycles. The fourth-order valence-corrected chi connectivity index (χ4v) is 3.59. The molecular weight excluding hydrogens is 329 g/mol. The third-order valence-electron chi connectivity index (χ3n) is 4.71. The van der Waals surface area contributed by atoms with Crippen LogP contribution in [-0.4, -0.2) is 5.78 Å². The summed E-state index contributed by atoms with van der Waals surface area (Å²) < 4.78 is 0. The Morgan fingerprint density at radius 3 is 1.43 bits per heavy atom. The first-order chi connectivity index (χ1) is 11.0. The Morgan fingerprint density at radius 1 is 0.739 bits per heavy atom. The monoisotopic (exact) mass is 347 g/mol. The maximum Gasteiger partial charge on any atom is 0.142 e. The fourth-order valence-electron chi connectivity index (χ4n) is 3.34. The van der Waals surface area contributed by atoms with Crippen molar-refractivity contribution < 1.29 is 4.79 Å². The summed E-state index contributed by atoms with van der Waals surface area (Å²) in [6, 6.07) is 15.4. The van der Waals surface area contributed by atoms with E-state index in [-0.39, 0.29) is 29.7 Å². The van der Waals surface area contributed by atoms with Gasteiger partial charge in [-0.15, -0.1) is 0 Å². The van der Waals surface area contributed by atoms with E-state index in [1.54, 1.807) is 0 Å². The van der Waals surface area contributed by atoms with Gasteiger partial charge in [0.1, 0.15) is 5.78 Å². The Morgan fingerprint density at radius 2 is 1.09 bits per heavy atom. The SMILES string of the molecule is C[C@@H]1C(=O)[C@H](C)[C@H](c2ccc(Cl)cc2)N[C@@H]1c1ccc(Cl)cc1. The molecule has 2 nitrogen and oxygen atoms in total. The average molecular weight is 348 g/mol. The average Bonchev–Trinajstić information content (AvgIpc) is 2.55. The van der Waals surface area contributed by atoms with E-state index in [0.717, 1.165) is 11.1 Å². The van der Waals surface area contributed by atoms with E-state index < -0.39 is 0 Å². The van der Waals surface area contributed by atoms with Gasteiger partial charge in [0.05, 0.1) is 0 Å². The van der Waals surface area contributed by atoms with E-state index in [1.165, 1.54) is 0 Å². The third kappa shape index (κ3) is 3.30. The molecule has 1 fully saturated rings. The number of Topliss-reactive ketones (excluding diaryl/α,β-unsaturated/α-hetero) is 1. The highest BCUT2D eigenvalue weighted by Crippen LogP contribution is 2.38. The third-order valence-corrected chi connectivity index (χ3v) is 5.22. The standard InChI is InChI=1S/C19H19Cl2NO/c1-11-17(13-3-7-15(20)8-4-13)22-18(12(2)19(11)23)14-5-9-16(21)10-6-14/h3-12,17-18,22H,1-2H3/t11-,12+,17-,18+. The minimum Gasteiger partial charge on any atom is -0.302 e. The van der Waals surface area contributed by atoms with E-state index in [1.807, 2.05) is 62.4 Å². The van der Waals surface area contributed by atoms with Crippen molar-refractivity contribution in [2.75, 3.05) is 0 Å². The summed E-state index contributed by atoms with van der Waals surface area (Å²) in [7, 11) is 0. The van der Waals surface area contributed by atoms with Gasteiger partial charge in [0.25, 0.3) is 0 Å². The minimum absolute atomic E-state index is 0.0170. The normalized spacial score (nSPS) is 27.9. The topological polar surface area (TPSA) is 29.1 Å². The van der Waals surface area contributed by atoms with Gasteiger partial charge in [-0.2, -0.15) is 0 Å². The van der Waals surface area contributed by atoms with E-state index in [4.69, 9.17) is 23.2 Å². The van der Waals surface area contributed by atoms with Gasteiger partial charge >= 0.3 is 0 Å². The highest BCUT2D eigenvalue weighted by Gasteiger charge is 2.40. The number of carbonyl (C=O) groups is 1. The van der Waals surface area contributed by atoms with Crippen LogP contribution in [0.1, 0.15) is 37.1 Å². The highest BCUT2D eigenvalue weighted by atomic mass is 35.5. The van der Waals surface area contributed by atoms with Gasteiger partial charge in [0.2, 0.25) is 0 Å². The van der Waals surface area contributed by atoms with E-state index in [0.29, 0.717) is 10.0 Å². The minimum atomic E-state index is -0.0743. The van der Waals surface area contributed by atoms with Crippen LogP contribution in [0, 0.1) is 11.8 Å².